The minimum atomic E-state index is -5.12. The molecule has 1 saturated carbocycles. The van der Waals surface area contributed by atoms with Crippen LogP contribution in [0.3, 0.4) is 0 Å². The molecular weight excluding hydrogens is 827 g/mol. The first kappa shape index (κ1) is 58.8. The second-order valence-electron chi connectivity index (χ2n) is 17.0. The Labute approximate surface area is 380 Å². The number of ether oxygens (including phenoxy) is 2. The van der Waals surface area contributed by atoms with Crippen molar-refractivity contribution in [2.75, 3.05) is 13.2 Å². The highest BCUT2D eigenvalue weighted by Crippen LogP contribution is 2.47. The number of esters is 2. The molecule has 63 heavy (non-hydrogen) atoms. The van der Waals surface area contributed by atoms with Gasteiger partial charge in [0.1, 0.15) is 43.2 Å². The van der Waals surface area contributed by atoms with E-state index in [0.717, 1.165) is 109 Å². The summed E-state index contributed by atoms with van der Waals surface area (Å²) >= 11 is 0. The van der Waals surface area contributed by atoms with Crippen molar-refractivity contribution in [1.29, 1.82) is 0 Å². The molecule has 0 aliphatic heterocycles. The topological polar surface area (TPSA) is 210 Å². The van der Waals surface area contributed by atoms with Gasteiger partial charge >= 0.3 is 19.8 Å². The monoisotopic (exact) mass is 915 g/mol. The highest BCUT2D eigenvalue weighted by atomic mass is 31.2. The molecule has 1 aliphatic carbocycles. The lowest BCUT2D eigenvalue weighted by atomic mass is 9.85. The summed E-state index contributed by atoms with van der Waals surface area (Å²) in [4.78, 5) is 35.8. The lowest BCUT2D eigenvalue weighted by molar-refractivity contribution is -0.220. The van der Waals surface area contributed by atoms with E-state index in [1.807, 2.05) is 0 Å². The first-order valence-corrected chi connectivity index (χ1v) is 25.9. The smallest absolute Gasteiger partial charge is 0.462 e. The Balaban J connectivity index is 2.44. The number of aliphatic hydroxyl groups excluding tert-OH is 5. The van der Waals surface area contributed by atoms with Gasteiger partial charge in [0, 0.05) is 12.8 Å². The Bertz CT molecular complexity index is 1290. The Morgan fingerprint density at radius 1 is 0.492 bits per heavy atom. The van der Waals surface area contributed by atoms with Crippen LogP contribution >= 0.6 is 7.82 Å². The molecule has 0 heterocycles. The zero-order chi connectivity index (χ0) is 46.4. The molecular formula is C49H87O13P. The van der Waals surface area contributed by atoms with Gasteiger partial charge in [-0.25, -0.2) is 4.57 Å². The van der Waals surface area contributed by atoms with Crippen molar-refractivity contribution in [3.8, 4) is 0 Å². The van der Waals surface area contributed by atoms with Crippen molar-refractivity contribution in [2.24, 2.45) is 0 Å². The number of aliphatic hydroxyl groups is 5. The zero-order valence-corrected chi connectivity index (χ0v) is 39.8. The van der Waals surface area contributed by atoms with Gasteiger partial charge in [0.2, 0.25) is 0 Å². The number of carbonyl (C=O) groups is 2. The zero-order valence-electron chi connectivity index (χ0n) is 38.9. The molecule has 14 heteroatoms. The molecule has 1 aliphatic rings. The average Bonchev–Trinajstić information content (AvgIpc) is 3.26. The number of phosphoric acid groups is 1. The van der Waals surface area contributed by atoms with Crippen LogP contribution < -0.4 is 0 Å². The maximum Gasteiger partial charge on any atom is 0.472 e. The van der Waals surface area contributed by atoms with Gasteiger partial charge in [0.05, 0.1) is 6.61 Å². The number of unbranched alkanes of at least 4 members (excludes halogenated alkanes) is 20. The van der Waals surface area contributed by atoms with Gasteiger partial charge in [0.25, 0.3) is 0 Å². The van der Waals surface area contributed by atoms with Gasteiger partial charge in [-0.2, -0.15) is 0 Å². The summed E-state index contributed by atoms with van der Waals surface area (Å²) < 4.78 is 33.6. The fourth-order valence-corrected chi connectivity index (χ4v) is 8.14. The van der Waals surface area contributed by atoms with Crippen molar-refractivity contribution in [1.82, 2.24) is 0 Å². The van der Waals surface area contributed by atoms with Crippen LogP contribution in [0.5, 0.6) is 0 Å². The van der Waals surface area contributed by atoms with Crippen molar-refractivity contribution >= 4 is 19.8 Å². The minimum absolute atomic E-state index is 0.0850. The molecule has 0 aromatic rings. The summed E-state index contributed by atoms with van der Waals surface area (Å²) in [5.41, 5.74) is 0. The van der Waals surface area contributed by atoms with Crippen LogP contribution in [0.4, 0.5) is 0 Å². The fourth-order valence-electron chi connectivity index (χ4n) is 7.17. The van der Waals surface area contributed by atoms with Gasteiger partial charge in [-0.05, 0) is 77.0 Å². The van der Waals surface area contributed by atoms with E-state index in [2.05, 4.69) is 62.5 Å². The molecule has 0 amide bonds. The van der Waals surface area contributed by atoms with Gasteiger partial charge in [0.15, 0.2) is 6.10 Å². The third kappa shape index (κ3) is 31.4. The Morgan fingerprint density at radius 2 is 0.857 bits per heavy atom. The number of hydrogen-bond acceptors (Lipinski definition) is 12. The van der Waals surface area contributed by atoms with Crippen LogP contribution in [0.2, 0.25) is 0 Å². The summed E-state index contributed by atoms with van der Waals surface area (Å²) in [5, 5.41) is 50.2. The van der Waals surface area contributed by atoms with Crippen LogP contribution in [0.15, 0.2) is 48.6 Å². The van der Waals surface area contributed by atoms with Gasteiger partial charge in [-0.1, -0.05) is 152 Å². The maximum atomic E-state index is 12.8. The summed E-state index contributed by atoms with van der Waals surface area (Å²) in [6, 6.07) is 0. The largest absolute Gasteiger partial charge is 0.472 e. The van der Waals surface area contributed by atoms with E-state index in [1.54, 1.807) is 0 Å². The van der Waals surface area contributed by atoms with E-state index in [1.165, 1.54) is 44.9 Å². The molecule has 366 valence electrons. The van der Waals surface area contributed by atoms with E-state index in [0.29, 0.717) is 12.8 Å². The summed E-state index contributed by atoms with van der Waals surface area (Å²) in [6.45, 7) is 3.24. The van der Waals surface area contributed by atoms with Crippen molar-refractivity contribution in [2.45, 2.75) is 236 Å². The normalized spacial score (nSPS) is 22.1. The summed E-state index contributed by atoms with van der Waals surface area (Å²) in [7, 11) is -5.12. The lowest BCUT2D eigenvalue weighted by Gasteiger charge is -2.41. The van der Waals surface area contributed by atoms with E-state index in [-0.39, 0.29) is 12.8 Å². The Hall–Kier alpha value is -2.19. The molecule has 6 atom stereocenters. The lowest BCUT2D eigenvalue weighted by Crippen LogP contribution is -2.64. The maximum absolute atomic E-state index is 12.8. The van der Waals surface area contributed by atoms with Crippen LogP contribution in [-0.4, -0.2) is 98.3 Å². The van der Waals surface area contributed by atoms with Crippen LogP contribution in [0, 0.1) is 0 Å². The minimum Gasteiger partial charge on any atom is -0.462 e. The fraction of sp³-hybridized carbons (Fsp3) is 0.796. The first-order chi connectivity index (χ1) is 30.4. The number of phosphoric ester groups is 1. The molecule has 13 nitrogen and oxygen atoms in total. The number of hydrogen-bond donors (Lipinski definition) is 6. The summed E-state index contributed by atoms with van der Waals surface area (Å²) in [6.07, 6.45) is 32.9. The molecule has 6 N–H and O–H groups in total. The third-order valence-corrected chi connectivity index (χ3v) is 12.1. The van der Waals surface area contributed by atoms with E-state index < -0.39 is 75.7 Å². The van der Waals surface area contributed by atoms with E-state index in [9.17, 15) is 44.6 Å². The molecule has 0 aromatic carbocycles. The Kier molecular flexibility index (Phi) is 36.4. The van der Waals surface area contributed by atoms with Crippen molar-refractivity contribution in [3.63, 3.8) is 0 Å². The van der Waals surface area contributed by atoms with Crippen LogP contribution in [0.25, 0.3) is 0 Å². The van der Waals surface area contributed by atoms with Crippen molar-refractivity contribution < 1.29 is 63.1 Å². The molecule has 0 radical (unpaired) electrons. The van der Waals surface area contributed by atoms with Gasteiger partial charge < -0.3 is 39.9 Å². The SMILES string of the molecule is CCCCC/C=C\C/C=C\CCCCCCCCCC(=O)OCC(COP(=O)(O)OC1C(O)C(O)C(O)C(O)C1O)OC(=O)CCCCCCCCC/C=C\C/C=C\CCCCC. The highest BCUT2D eigenvalue weighted by molar-refractivity contribution is 7.47. The van der Waals surface area contributed by atoms with Gasteiger partial charge in [-0.15, -0.1) is 0 Å². The van der Waals surface area contributed by atoms with E-state index in [4.69, 9.17) is 18.5 Å². The molecule has 0 saturated heterocycles. The van der Waals surface area contributed by atoms with Gasteiger partial charge in [-0.3, -0.25) is 18.6 Å². The summed E-state index contributed by atoms with van der Waals surface area (Å²) in [5.74, 6) is -1.12. The number of allylic oxidation sites excluding steroid dienone is 8. The quantitative estimate of drug-likeness (QED) is 0.0147. The standard InChI is InChI=1S/C49H87O13P/c1-3-5-7-9-11-13-15-17-19-21-23-25-27-29-31-33-35-37-42(50)59-39-41(40-60-63(57,58)62-49-47(55)45(53)44(52)46(54)48(49)56)61-43(51)38-36-34-32-30-28-26-24-22-20-18-16-14-12-10-8-6-4-2/h11-14,17-20,41,44-49,52-56H,3-10,15-16,21-40H2,1-2H3,(H,57,58)/b13-11-,14-12-,19-17-,20-18-. The third-order valence-electron chi connectivity index (χ3n) is 11.1. The van der Waals surface area contributed by atoms with Crippen molar-refractivity contribution in [3.05, 3.63) is 48.6 Å². The highest BCUT2D eigenvalue weighted by Gasteiger charge is 2.51. The molecule has 0 spiro atoms. The molecule has 1 fully saturated rings. The first-order valence-electron chi connectivity index (χ1n) is 24.4. The predicted octanol–water partition coefficient (Wildman–Crippen LogP) is 9.95. The number of carbonyl (C=O) groups excluding carboxylic acids is 2. The molecule has 0 aromatic heterocycles. The Morgan fingerprint density at radius 3 is 1.29 bits per heavy atom. The second-order valence-corrected chi connectivity index (χ2v) is 18.4. The van der Waals surface area contributed by atoms with E-state index >= 15 is 0 Å². The van der Waals surface area contributed by atoms with Crippen LogP contribution in [-0.2, 0) is 32.7 Å². The molecule has 6 unspecified atom stereocenters. The number of rotatable bonds is 40. The molecule has 1 rings (SSSR count). The second kappa shape index (κ2) is 39.0. The van der Waals surface area contributed by atoms with Crippen LogP contribution in [0.1, 0.15) is 194 Å². The average molecular weight is 915 g/mol. The molecule has 0 bridgehead atoms. The predicted molar refractivity (Wildman–Crippen MR) is 249 cm³/mol.